The van der Waals surface area contributed by atoms with Gasteiger partial charge in [0.1, 0.15) is 0 Å². The summed E-state index contributed by atoms with van der Waals surface area (Å²) >= 11 is 1.52. The van der Waals surface area contributed by atoms with E-state index < -0.39 is 0 Å². The Kier molecular flexibility index (Phi) is 5.75. The van der Waals surface area contributed by atoms with Gasteiger partial charge in [-0.1, -0.05) is 40.7 Å². The third-order valence-corrected chi connectivity index (χ3v) is 6.34. The fraction of sp³-hybridized carbons (Fsp3) is 0.160. The van der Waals surface area contributed by atoms with Gasteiger partial charge in [-0.25, -0.2) is 0 Å². The van der Waals surface area contributed by atoms with Crippen molar-refractivity contribution in [3.63, 3.8) is 0 Å². The van der Waals surface area contributed by atoms with Gasteiger partial charge in [0.25, 0.3) is 5.89 Å². The summed E-state index contributed by atoms with van der Waals surface area (Å²) in [6.07, 6.45) is 3.51. The van der Waals surface area contributed by atoms with E-state index in [-0.39, 0.29) is 0 Å². The molecule has 0 aliphatic carbocycles. The van der Waals surface area contributed by atoms with Gasteiger partial charge in [0.2, 0.25) is 0 Å². The molecule has 8 heteroatoms. The lowest BCUT2D eigenvalue weighted by atomic mass is 10.1. The second-order valence-electron chi connectivity index (χ2n) is 7.82. The van der Waals surface area contributed by atoms with Crippen LogP contribution in [0.5, 0.6) is 0 Å². The number of hydrogen-bond acceptors (Lipinski definition) is 7. The molecule has 3 heterocycles. The first-order valence-corrected chi connectivity index (χ1v) is 11.5. The zero-order valence-electron chi connectivity index (χ0n) is 18.6. The third-order valence-electron chi connectivity index (χ3n) is 5.42. The van der Waals surface area contributed by atoms with Crippen LogP contribution in [0.25, 0.3) is 28.5 Å². The summed E-state index contributed by atoms with van der Waals surface area (Å²) in [5.41, 5.74) is 6.49. The van der Waals surface area contributed by atoms with Crippen molar-refractivity contribution in [1.29, 1.82) is 0 Å². The number of benzene rings is 2. The molecule has 0 aliphatic rings. The quantitative estimate of drug-likeness (QED) is 0.309. The predicted molar refractivity (Wildman–Crippen MR) is 128 cm³/mol. The zero-order chi connectivity index (χ0) is 22.8. The molecule has 0 unspecified atom stereocenters. The smallest absolute Gasteiger partial charge is 0.257 e. The fourth-order valence-corrected chi connectivity index (χ4v) is 4.20. The van der Waals surface area contributed by atoms with E-state index in [1.165, 1.54) is 28.5 Å². The van der Waals surface area contributed by atoms with Crippen LogP contribution in [0.2, 0.25) is 0 Å². The monoisotopic (exact) mass is 454 g/mol. The van der Waals surface area contributed by atoms with E-state index in [2.05, 4.69) is 61.9 Å². The van der Waals surface area contributed by atoms with E-state index in [1.807, 2.05) is 43.3 Å². The molecule has 0 fully saturated rings. The Morgan fingerprint density at radius 2 is 1.64 bits per heavy atom. The van der Waals surface area contributed by atoms with Crippen LogP contribution in [-0.4, -0.2) is 29.9 Å². The average molecular weight is 455 g/mol. The molecule has 3 aromatic heterocycles. The molecule has 33 heavy (non-hydrogen) atoms. The predicted octanol–water partition coefficient (Wildman–Crippen LogP) is 5.60. The van der Waals surface area contributed by atoms with Crippen molar-refractivity contribution in [3.8, 4) is 28.5 Å². The molecule has 0 N–H and O–H groups in total. The number of thioether (sulfide) groups is 1. The molecule has 7 nitrogen and oxygen atoms in total. The van der Waals surface area contributed by atoms with Crippen LogP contribution in [0.4, 0.5) is 0 Å². The van der Waals surface area contributed by atoms with Gasteiger partial charge in [-0.3, -0.25) is 9.55 Å². The number of aryl methyl sites for hydroxylation is 3. The first-order valence-electron chi connectivity index (χ1n) is 10.5. The summed E-state index contributed by atoms with van der Waals surface area (Å²) in [7, 11) is 0. The molecule has 0 spiro atoms. The molecule has 0 bridgehead atoms. The van der Waals surface area contributed by atoms with E-state index in [1.54, 1.807) is 12.4 Å². The highest BCUT2D eigenvalue weighted by Gasteiger charge is 2.18. The lowest BCUT2D eigenvalue weighted by Gasteiger charge is -2.12. The van der Waals surface area contributed by atoms with Crippen LogP contribution in [-0.2, 0) is 5.75 Å². The molecular weight excluding hydrogens is 432 g/mol. The lowest BCUT2D eigenvalue weighted by molar-refractivity contribution is 0.425. The average Bonchev–Trinajstić information content (AvgIpc) is 3.48. The minimum absolute atomic E-state index is 0.509. The Balaban J connectivity index is 1.45. The standard InChI is InChI=1S/C25H22N6OS/c1-16-4-7-20(8-5-16)24-27-22(30-32-24)15-33-25-29-28-23(19-10-12-26-13-11-19)31(25)21-9-6-17(2)18(3)14-21/h4-14H,15H2,1-3H3. The van der Waals surface area contributed by atoms with Crippen molar-refractivity contribution in [2.75, 3.05) is 0 Å². The number of hydrogen-bond donors (Lipinski definition) is 0. The minimum atomic E-state index is 0.509. The van der Waals surface area contributed by atoms with Crippen molar-refractivity contribution in [2.45, 2.75) is 31.7 Å². The van der Waals surface area contributed by atoms with Crippen LogP contribution in [0.1, 0.15) is 22.5 Å². The summed E-state index contributed by atoms with van der Waals surface area (Å²) in [6, 6.07) is 18.2. The van der Waals surface area contributed by atoms with Crippen LogP contribution >= 0.6 is 11.8 Å². The molecular formula is C25H22N6OS. The van der Waals surface area contributed by atoms with Crippen LogP contribution < -0.4 is 0 Å². The van der Waals surface area contributed by atoms with Crippen molar-refractivity contribution < 1.29 is 4.52 Å². The minimum Gasteiger partial charge on any atom is -0.334 e. The lowest BCUT2D eigenvalue weighted by Crippen LogP contribution is -2.01. The Labute approximate surface area is 195 Å². The SMILES string of the molecule is Cc1ccc(-c2nc(CSc3nnc(-c4ccncc4)n3-c3ccc(C)c(C)c3)no2)cc1. The Morgan fingerprint density at radius 3 is 2.39 bits per heavy atom. The summed E-state index contributed by atoms with van der Waals surface area (Å²) in [4.78, 5) is 8.68. The van der Waals surface area contributed by atoms with Crippen LogP contribution in [0.15, 0.2) is 76.7 Å². The summed E-state index contributed by atoms with van der Waals surface area (Å²) < 4.78 is 7.54. The first-order chi connectivity index (χ1) is 16.1. The van der Waals surface area contributed by atoms with Crippen LogP contribution in [0.3, 0.4) is 0 Å². The third kappa shape index (κ3) is 4.42. The highest BCUT2D eigenvalue weighted by molar-refractivity contribution is 7.98. The molecule has 164 valence electrons. The van der Waals surface area contributed by atoms with Gasteiger partial charge >= 0.3 is 0 Å². The van der Waals surface area contributed by atoms with Crippen molar-refractivity contribution in [2.24, 2.45) is 0 Å². The molecule has 0 aliphatic heterocycles. The molecule has 0 atom stereocenters. The largest absolute Gasteiger partial charge is 0.334 e. The highest BCUT2D eigenvalue weighted by Crippen LogP contribution is 2.30. The maximum Gasteiger partial charge on any atom is 0.257 e. The number of rotatable bonds is 6. The van der Waals surface area contributed by atoms with Crippen molar-refractivity contribution >= 4 is 11.8 Å². The maximum absolute atomic E-state index is 5.47. The van der Waals surface area contributed by atoms with Gasteiger partial charge in [-0.05, 0) is 68.3 Å². The summed E-state index contributed by atoms with van der Waals surface area (Å²) in [5.74, 6) is 2.39. The van der Waals surface area contributed by atoms with Gasteiger partial charge in [0.05, 0.1) is 11.4 Å². The molecule has 5 aromatic rings. The highest BCUT2D eigenvalue weighted by atomic mass is 32.2. The van der Waals surface area contributed by atoms with Crippen molar-refractivity contribution in [3.05, 3.63) is 89.5 Å². The van der Waals surface area contributed by atoms with Crippen LogP contribution in [0, 0.1) is 20.8 Å². The topological polar surface area (TPSA) is 82.5 Å². The second-order valence-corrected chi connectivity index (χ2v) is 8.76. The molecule has 0 saturated heterocycles. The van der Waals surface area contributed by atoms with Gasteiger partial charge in [0, 0.05) is 23.5 Å². The van der Waals surface area contributed by atoms with E-state index in [0.717, 1.165) is 27.8 Å². The van der Waals surface area contributed by atoms with E-state index in [9.17, 15) is 0 Å². The normalized spacial score (nSPS) is 11.1. The van der Waals surface area contributed by atoms with E-state index >= 15 is 0 Å². The van der Waals surface area contributed by atoms with Gasteiger partial charge in [0.15, 0.2) is 16.8 Å². The van der Waals surface area contributed by atoms with Gasteiger partial charge < -0.3 is 4.52 Å². The molecule has 5 rings (SSSR count). The summed E-state index contributed by atoms with van der Waals surface area (Å²) in [6.45, 7) is 6.26. The maximum atomic E-state index is 5.47. The first kappa shape index (κ1) is 21.1. The van der Waals surface area contributed by atoms with E-state index in [4.69, 9.17) is 4.52 Å². The number of aromatic nitrogens is 6. The second kappa shape index (κ2) is 8.99. The Hall–Kier alpha value is -3.78. The Bertz CT molecular complexity index is 1390. The summed E-state index contributed by atoms with van der Waals surface area (Å²) in [5, 5.41) is 13.9. The molecule has 0 radical (unpaired) electrons. The van der Waals surface area contributed by atoms with Crippen molar-refractivity contribution in [1.82, 2.24) is 29.9 Å². The Morgan fingerprint density at radius 1 is 0.848 bits per heavy atom. The van der Waals surface area contributed by atoms with E-state index in [0.29, 0.717) is 17.5 Å². The van der Waals surface area contributed by atoms with Gasteiger partial charge in [-0.15, -0.1) is 10.2 Å². The zero-order valence-corrected chi connectivity index (χ0v) is 19.4. The molecule has 2 aromatic carbocycles. The number of nitrogens with zero attached hydrogens (tertiary/aromatic N) is 6. The molecule has 0 saturated carbocycles. The van der Waals surface area contributed by atoms with Gasteiger partial charge in [-0.2, -0.15) is 4.98 Å². The molecule has 0 amide bonds. The fourth-order valence-electron chi connectivity index (χ4n) is 3.40. The number of pyridine rings is 1.